The fourth-order valence-electron chi connectivity index (χ4n) is 12.2. The second-order valence-electron chi connectivity index (χ2n) is 18.3. The molecule has 10 aromatic carbocycles. The van der Waals surface area contributed by atoms with Crippen molar-refractivity contribution in [1.82, 2.24) is 0 Å². The first kappa shape index (κ1) is 37.1. The Hall–Kier alpha value is -9.07. The average molecular weight is 883 g/mol. The monoisotopic (exact) mass is 882 g/mol. The van der Waals surface area contributed by atoms with Crippen LogP contribution in [0.3, 0.4) is 0 Å². The molecule has 7 nitrogen and oxygen atoms in total. The topological polar surface area (TPSA) is 40.7 Å². The maximum absolute atomic E-state index is 7.63. The number of nitrogens with zero attached hydrogens (tertiary/aromatic N) is 4. The minimum Gasteiger partial charge on any atom is -0.456 e. The Morgan fingerprint density at radius 3 is 1.41 bits per heavy atom. The van der Waals surface area contributed by atoms with Crippen LogP contribution in [0.25, 0.3) is 0 Å². The maximum atomic E-state index is 7.63. The maximum Gasteiger partial charge on any atom is 0.256 e. The molecular formula is C60H36B2N4O3. The highest BCUT2D eigenvalue weighted by molar-refractivity contribution is 7.02. The molecule has 10 aromatic rings. The zero-order valence-corrected chi connectivity index (χ0v) is 37.0. The first-order chi connectivity index (χ1) is 34.3. The first-order valence-corrected chi connectivity index (χ1v) is 23.6. The molecular weight excluding hydrogens is 846 g/mol. The summed E-state index contributed by atoms with van der Waals surface area (Å²) in [5.41, 5.74) is 19.5. The molecule has 0 spiro atoms. The summed E-state index contributed by atoms with van der Waals surface area (Å²) in [4.78, 5) is 9.59. The lowest BCUT2D eigenvalue weighted by Crippen LogP contribution is -2.63. The molecule has 0 aliphatic carbocycles. The van der Waals surface area contributed by atoms with E-state index >= 15 is 0 Å². The predicted octanol–water partition coefficient (Wildman–Crippen LogP) is 11.9. The highest BCUT2D eigenvalue weighted by Crippen LogP contribution is 2.59. The summed E-state index contributed by atoms with van der Waals surface area (Å²) in [5, 5.41) is 0. The van der Waals surface area contributed by atoms with Crippen molar-refractivity contribution < 1.29 is 14.2 Å². The van der Waals surface area contributed by atoms with Gasteiger partial charge in [-0.1, -0.05) is 121 Å². The van der Waals surface area contributed by atoms with E-state index in [1.54, 1.807) is 0 Å². The summed E-state index contributed by atoms with van der Waals surface area (Å²) in [5.74, 6) is 4.77. The molecule has 16 rings (SSSR count). The van der Waals surface area contributed by atoms with E-state index in [0.29, 0.717) is 0 Å². The van der Waals surface area contributed by atoms with E-state index in [2.05, 4.69) is 232 Å². The van der Waals surface area contributed by atoms with E-state index in [1.165, 1.54) is 10.9 Å². The van der Waals surface area contributed by atoms with Crippen LogP contribution in [-0.2, 0) is 0 Å². The molecule has 0 radical (unpaired) electrons. The second-order valence-corrected chi connectivity index (χ2v) is 18.3. The van der Waals surface area contributed by atoms with Crippen LogP contribution in [0.5, 0.6) is 34.5 Å². The zero-order chi connectivity index (χ0) is 44.9. The van der Waals surface area contributed by atoms with Crippen LogP contribution in [0.15, 0.2) is 218 Å². The van der Waals surface area contributed by atoms with E-state index in [-0.39, 0.29) is 13.4 Å². The number of ether oxygens (including phenoxy) is 3. The van der Waals surface area contributed by atoms with Gasteiger partial charge in [-0.05, 0) is 124 Å². The number of hydrogen-bond donors (Lipinski definition) is 0. The molecule has 6 aliphatic rings. The number of hydrogen-bond acceptors (Lipinski definition) is 7. The van der Waals surface area contributed by atoms with Gasteiger partial charge in [-0.25, -0.2) is 0 Å². The highest BCUT2D eigenvalue weighted by Gasteiger charge is 2.51. The molecule has 0 atom stereocenters. The normalized spacial score (nSPS) is 14.0. The quantitative estimate of drug-likeness (QED) is 0.163. The minimum atomic E-state index is -0.209. The lowest BCUT2D eigenvalue weighted by Gasteiger charge is -2.47. The van der Waals surface area contributed by atoms with Gasteiger partial charge in [0.25, 0.3) is 13.4 Å². The molecule has 69 heavy (non-hydrogen) atoms. The van der Waals surface area contributed by atoms with Crippen molar-refractivity contribution in [3.05, 3.63) is 218 Å². The third kappa shape index (κ3) is 4.92. The smallest absolute Gasteiger partial charge is 0.256 e. The summed E-state index contributed by atoms with van der Waals surface area (Å²) in [6, 6.07) is 77.8. The summed E-state index contributed by atoms with van der Waals surface area (Å²) in [7, 11) is 0. The Balaban J connectivity index is 1.02. The highest BCUT2D eigenvalue weighted by atomic mass is 16.5. The molecule has 6 aliphatic heterocycles. The third-order valence-corrected chi connectivity index (χ3v) is 14.8. The Morgan fingerprint density at radius 2 is 0.783 bits per heavy atom. The summed E-state index contributed by atoms with van der Waals surface area (Å²) < 4.78 is 21.9. The Labute approximate surface area is 399 Å². The summed E-state index contributed by atoms with van der Waals surface area (Å²) >= 11 is 0. The minimum absolute atomic E-state index is 0.205. The van der Waals surface area contributed by atoms with Crippen LogP contribution in [0, 0.1) is 0 Å². The lowest BCUT2D eigenvalue weighted by atomic mass is 9.31. The van der Waals surface area contributed by atoms with E-state index in [0.717, 1.165) is 125 Å². The van der Waals surface area contributed by atoms with Crippen LogP contribution in [0.1, 0.15) is 0 Å². The van der Waals surface area contributed by atoms with E-state index in [4.69, 9.17) is 14.2 Å². The van der Waals surface area contributed by atoms with Gasteiger partial charge in [-0.15, -0.1) is 0 Å². The SMILES string of the molecule is c1ccc(N2c3ccccc3N3c4ccccc4B4c5cc6c(c(N(c7ccccc7)c7ccccc7)c5Oc5ccc2c3c54)Oc2ccc3c4c2B6c2ccccc2N4c2ccccc2O3)cc1. The van der Waals surface area contributed by atoms with Crippen molar-refractivity contribution in [3.8, 4) is 34.5 Å². The Morgan fingerprint density at radius 1 is 0.319 bits per heavy atom. The van der Waals surface area contributed by atoms with Crippen molar-refractivity contribution in [2.75, 3.05) is 19.6 Å². The number of para-hydroxylation sites is 9. The second kappa shape index (κ2) is 13.7. The Bertz CT molecular complexity index is 3790. The standard InChI is InChI=1S/C60H36B2N4O3/c1-4-18-37(19-5-1)63(38-20-6-2-7-21-38)58-59-42(36-43-60(58)69-52-34-35-53-57-55(52)62(43)41-25-11-13-27-45(41)66(57)48-30-16-17-31-50(48)67-53)61-40-24-10-12-26-44(40)65-47-29-15-14-28-46(47)64(39-22-8-3-9-23-39)49-32-33-51(68-59)54(61)56(49)65/h1-36H. The van der Waals surface area contributed by atoms with Gasteiger partial charge in [0.2, 0.25) is 0 Å². The van der Waals surface area contributed by atoms with Gasteiger partial charge in [0, 0.05) is 33.9 Å². The van der Waals surface area contributed by atoms with Crippen molar-refractivity contribution in [2.24, 2.45) is 0 Å². The van der Waals surface area contributed by atoms with Gasteiger partial charge in [0.15, 0.2) is 23.0 Å². The molecule has 0 aromatic heterocycles. The van der Waals surface area contributed by atoms with E-state index in [1.807, 2.05) is 6.07 Å². The summed E-state index contributed by atoms with van der Waals surface area (Å²) in [6.07, 6.45) is 0. The zero-order valence-electron chi connectivity index (χ0n) is 37.0. The van der Waals surface area contributed by atoms with Crippen LogP contribution in [0.2, 0.25) is 0 Å². The average Bonchev–Trinajstić information content (AvgIpc) is 3.41. The van der Waals surface area contributed by atoms with Gasteiger partial charge in [-0.3, -0.25) is 0 Å². The molecule has 0 saturated heterocycles. The van der Waals surface area contributed by atoms with Crippen LogP contribution in [-0.4, -0.2) is 13.4 Å². The fraction of sp³-hybridized carbons (Fsp3) is 0. The van der Waals surface area contributed by atoms with Gasteiger partial charge in [-0.2, -0.15) is 0 Å². The van der Waals surface area contributed by atoms with E-state index in [9.17, 15) is 0 Å². The van der Waals surface area contributed by atoms with Gasteiger partial charge >= 0.3 is 0 Å². The third-order valence-electron chi connectivity index (χ3n) is 14.8. The summed E-state index contributed by atoms with van der Waals surface area (Å²) in [6.45, 7) is -0.414. The number of benzene rings is 10. The van der Waals surface area contributed by atoms with Crippen molar-refractivity contribution in [1.29, 1.82) is 0 Å². The van der Waals surface area contributed by atoms with Crippen molar-refractivity contribution in [3.63, 3.8) is 0 Å². The number of rotatable bonds is 4. The molecule has 0 saturated carbocycles. The van der Waals surface area contributed by atoms with E-state index < -0.39 is 0 Å². The van der Waals surface area contributed by atoms with Crippen LogP contribution >= 0.6 is 0 Å². The Kier molecular flexibility index (Phi) is 7.39. The molecule has 320 valence electrons. The molecule has 0 N–H and O–H groups in total. The van der Waals surface area contributed by atoms with Gasteiger partial charge in [0.1, 0.15) is 17.2 Å². The fourth-order valence-corrected chi connectivity index (χ4v) is 12.2. The van der Waals surface area contributed by atoms with Crippen LogP contribution < -0.4 is 66.6 Å². The van der Waals surface area contributed by atoms with Gasteiger partial charge < -0.3 is 33.8 Å². The predicted molar refractivity (Wildman–Crippen MR) is 281 cm³/mol. The molecule has 0 unspecified atom stereocenters. The molecule has 6 heterocycles. The molecule has 0 amide bonds. The lowest BCUT2D eigenvalue weighted by molar-refractivity contribution is 0.461. The first-order valence-electron chi connectivity index (χ1n) is 23.6. The van der Waals surface area contributed by atoms with Crippen molar-refractivity contribution >= 4 is 114 Å². The molecule has 0 bridgehead atoms. The van der Waals surface area contributed by atoms with Crippen molar-refractivity contribution in [2.45, 2.75) is 0 Å². The largest absolute Gasteiger partial charge is 0.456 e. The molecule has 0 fully saturated rings. The number of anilines is 12. The van der Waals surface area contributed by atoms with Gasteiger partial charge in [0.05, 0.1) is 34.1 Å². The molecule has 9 heteroatoms. The number of fused-ring (bicyclic) bond motifs is 14. The van der Waals surface area contributed by atoms with Crippen LogP contribution in [0.4, 0.5) is 68.2 Å².